The Morgan fingerprint density at radius 1 is 0.875 bits per heavy atom. The Kier molecular flexibility index (Phi) is 8.01. The van der Waals surface area contributed by atoms with Crippen molar-refractivity contribution in [3.05, 3.63) is 25.3 Å². The first kappa shape index (κ1) is 20.6. The van der Waals surface area contributed by atoms with Gasteiger partial charge in [-0.05, 0) is 38.5 Å². The summed E-state index contributed by atoms with van der Waals surface area (Å²) in [6.07, 6.45) is 17.3. The van der Waals surface area contributed by atoms with Crippen LogP contribution in [0.1, 0.15) is 77.0 Å². The van der Waals surface area contributed by atoms with Crippen LogP contribution >= 0.6 is 28.5 Å². The van der Waals surface area contributed by atoms with Gasteiger partial charge in [0.05, 0.1) is 0 Å². The van der Waals surface area contributed by atoms with Gasteiger partial charge < -0.3 is 0 Å². The fourth-order valence-corrected chi connectivity index (χ4v) is 14.5. The van der Waals surface area contributed by atoms with Crippen molar-refractivity contribution < 1.29 is 9.19 Å². The fraction of sp³-hybridized carbons (Fsp3) is 0.778. The van der Waals surface area contributed by atoms with Gasteiger partial charge in [-0.15, -0.1) is 13.2 Å². The summed E-state index contributed by atoms with van der Waals surface area (Å²) in [5.41, 5.74) is 0. The highest BCUT2D eigenvalue weighted by molar-refractivity contribution is 8.89. The quantitative estimate of drug-likeness (QED) is 0.261. The molecule has 2 rings (SSSR count). The molecule has 2 N–H and O–H groups in total. The average Bonchev–Trinajstić information content (AvgIpc) is 2.56. The molecular formula is C18H32NO2PS2. The van der Waals surface area contributed by atoms with Gasteiger partial charge in [0.2, 0.25) is 0 Å². The molecule has 0 heterocycles. The van der Waals surface area contributed by atoms with E-state index in [4.69, 9.17) is 10.5 Å². The van der Waals surface area contributed by atoms with Crippen LogP contribution in [-0.4, -0.2) is 9.49 Å². The van der Waals surface area contributed by atoms with Gasteiger partial charge >= 0.3 is 5.77 Å². The molecule has 0 aromatic rings. The number of hydrogen-bond acceptors (Lipinski definition) is 5. The molecule has 2 saturated carbocycles. The summed E-state index contributed by atoms with van der Waals surface area (Å²) in [4.78, 5) is 0. The number of nitrogens with two attached hydrogens (primary N) is 1. The Bertz CT molecular complexity index is 434. The minimum Gasteiger partial charge on any atom is -0.267 e. The van der Waals surface area contributed by atoms with Gasteiger partial charge in [0.25, 0.3) is 0 Å². The van der Waals surface area contributed by atoms with Crippen LogP contribution in [0.3, 0.4) is 0 Å². The molecule has 2 fully saturated rings. The highest BCUT2D eigenvalue weighted by Gasteiger charge is 2.46. The molecule has 0 unspecified atom stereocenters. The third kappa shape index (κ3) is 5.41. The van der Waals surface area contributed by atoms with Crippen LogP contribution in [0, 0.1) is 0 Å². The van der Waals surface area contributed by atoms with Crippen molar-refractivity contribution in [2.24, 2.45) is 5.90 Å². The molecule has 0 spiro atoms. The lowest BCUT2D eigenvalue weighted by Gasteiger charge is -2.41. The predicted octanol–water partition coefficient (Wildman–Crippen LogP) is 7.01. The highest BCUT2D eigenvalue weighted by Crippen LogP contribution is 2.78. The molecule has 0 atom stereocenters. The van der Waals surface area contributed by atoms with Crippen LogP contribution in [0.5, 0.6) is 0 Å². The summed E-state index contributed by atoms with van der Waals surface area (Å²) >= 11 is 3.05. The summed E-state index contributed by atoms with van der Waals surface area (Å²) in [7, 11) is 0. The third-order valence-electron chi connectivity index (χ3n) is 5.30. The molecule has 0 aromatic carbocycles. The molecule has 0 saturated heterocycles. The standard InChI is InChI=1S/C18H32NO2PS2/c1-3-11-17(13-7-5-8-14-17)23-22(20,21-19)24-18(12-4-2)15-9-6-10-16-18/h3-4H,1-2,5-16,19H2. The molecule has 0 bridgehead atoms. The van der Waals surface area contributed by atoms with E-state index >= 15 is 0 Å². The Labute approximate surface area is 155 Å². The van der Waals surface area contributed by atoms with Crippen LogP contribution in [0.4, 0.5) is 0 Å². The maximum Gasteiger partial charge on any atom is 0.330 e. The van der Waals surface area contributed by atoms with E-state index in [1.165, 1.54) is 61.3 Å². The molecule has 2 aliphatic rings. The lowest BCUT2D eigenvalue weighted by Crippen LogP contribution is -2.29. The topological polar surface area (TPSA) is 52.3 Å². The molecule has 2 aliphatic carbocycles. The first-order valence-electron chi connectivity index (χ1n) is 9.13. The van der Waals surface area contributed by atoms with Gasteiger partial charge in [0.1, 0.15) is 0 Å². The monoisotopic (exact) mass is 389 g/mol. The number of allylic oxidation sites excluding steroid dienone is 2. The van der Waals surface area contributed by atoms with Crippen molar-refractivity contribution in [3.8, 4) is 0 Å². The molecule has 0 amide bonds. The largest absolute Gasteiger partial charge is 0.330 e. The molecule has 3 nitrogen and oxygen atoms in total. The van der Waals surface area contributed by atoms with Crippen molar-refractivity contribution in [2.75, 3.05) is 0 Å². The Morgan fingerprint density at radius 3 is 1.54 bits per heavy atom. The SMILES string of the molecule is C=CCC1(SP(=O)(ON)SC2(CC=C)CCCCC2)CCCCC1. The molecule has 0 aromatic heterocycles. The molecule has 6 heteroatoms. The van der Waals surface area contributed by atoms with E-state index in [1.807, 2.05) is 12.2 Å². The lowest BCUT2D eigenvalue weighted by atomic mass is 9.86. The Morgan fingerprint density at radius 2 is 1.25 bits per heavy atom. The molecule has 138 valence electrons. The zero-order valence-corrected chi connectivity index (χ0v) is 17.2. The van der Waals surface area contributed by atoms with Gasteiger partial charge in [0.15, 0.2) is 0 Å². The maximum absolute atomic E-state index is 13.6. The summed E-state index contributed by atoms with van der Waals surface area (Å²) in [6.45, 7) is 7.84. The highest BCUT2D eigenvalue weighted by atomic mass is 33.1. The van der Waals surface area contributed by atoms with Gasteiger partial charge in [-0.1, -0.05) is 73.4 Å². The second-order valence-electron chi connectivity index (χ2n) is 7.21. The van der Waals surface area contributed by atoms with E-state index in [9.17, 15) is 4.57 Å². The Balaban J connectivity index is 2.17. The second kappa shape index (κ2) is 9.32. The second-order valence-corrected chi connectivity index (χ2v) is 15.1. The van der Waals surface area contributed by atoms with Gasteiger partial charge in [-0.25, -0.2) is 10.5 Å². The molecule has 0 radical (unpaired) electrons. The van der Waals surface area contributed by atoms with Crippen molar-refractivity contribution >= 4 is 28.5 Å². The predicted molar refractivity (Wildman–Crippen MR) is 109 cm³/mol. The minimum absolute atomic E-state index is 0.0219. The zero-order valence-electron chi connectivity index (χ0n) is 14.7. The van der Waals surface area contributed by atoms with Crippen LogP contribution in [0.25, 0.3) is 0 Å². The van der Waals surface area contributed by atoms with Gasteiger partial charge in [-0.3, -0.25) is 4.57 Å². The summed E-state index contributed by atoms with van der Waals surface area (Å²) in [5.74, 6) is 2.58. The first-order valence-corrected chi connectivity index (χ1v) is 13.6. The maximum atomic E-state index is 13.6. The van der Waals surface area contributed by atoms with Crippen molar-refractivity contribution in [1.29, 1.82) is 0 Å². The van der Waals surface area contributed by atoms with Crippen LogP contribution in [0.2, 0.25) is 0 Å². The van der Waals surface area contributed by atoms with Gasteiger partial charge in [-0.2, -0.15) is 0 Å². The number of rotatable bonds is 9. The van der Waals surface area contributed by atoms with Crippen LogP contribution < -0.4 is 5.90 Å². The van der Waals surface area contributed by atoms with E-state index < -0.39 is 5.77 Å². The summed E-state index contributed by atoms with van der Waals surface area (Å²) < 4.78 is 18.7. The summed E-state index contributed by atoms with van der Waals surface area (Å²) in [5, 5.41) is 0. The molecule has 24 heavy (non-hydrogen) atoms. The van der Waals surface area contributed by atoms with Crippen molar-refractivity contribution in [1.82, 2.24) is 0 Å². The molecular weight excluding hydrogens is 357 g/mol. The fourth-order valence-electron chi connectivity index (χ4n) is 4.12. The normalized spacial score (nSPS) is 23.5. The number of hydrogen-bond donors (Lipinski definition) is 1. The first-order chi connectivity index (χ1) is 11.5. The zero-order chi connectivity index (χ0) is 17.5. The van der Waals surface area contributed by atoms with Crippen molar-refractivity contribution in [2.45, 2.75) is 86.5 Å². The lowest BCUT2D eigenvalue weighted by molar-refractivity contribution is 0.348. The van der Waals surface area contributed by atoms with Crippen molar-refractivity contribution in [3.63, 3.8) is 0 Å². The van der Waals surface area contributed by atoms with E-state index in [2.05, 4.69) is 13.2 Å². The van der Waals surface area contributed by atoms with E-state index in [0.717, 1.165) is 38.5 Å². The summed E-state index contributed by atoms with van der Waals surface area (Å²) in [6, 6.07) is 0. The Hall–Kier alpha value is 0.330. The van der Waals surface area contributed by atoms with Gasteiger partial charge in [0, 0.05) is 9.49 Å². The molecule has 0 aliphatic heterocycles. The average molecular weight is 390 g/mol. The van der Waals surface area contributed by atoms with E-state index in [1.54, 1.807) is 0 Å². The van der Waals surface area contributed by atoms with Crippen LogP contribution in [0.15, 0.2) is 25.3 Å². The smallest absolute Gasteiger partial charge is 0.267 e. The van der Waals surface area contributed by atoms with E-state index in [0.29, 0.717) is 0 Å². The van der Waals surface area contributed by atoms with E-state index in [-0.39, 0.29) is 9.49 Å². The minimum atomic E-state index is -3.01. The van der Waals surface area contributed by atoms with Crippen LogP contribution in [-0.2, 0) is 9.19 Å². The third-order valence-corrected chi connectivity index (χ3v) is 13.5.